The van der Waals surface area contributed by atoms with Gasteiger partial charge in [-0.05, 0) is 31.6 Å². The van der Waals surface area contributed by atoms with Gasteiger partial charge in [0.15, 0.2) is 5.13 Å². The highest BCUT2D eigenvalue weighted by molar-refractivity contribution is 7.15. The van der Waals surface area contributed by atoms with Gasteiger partial charge in [0.2, 0.25) is 5.91 Å². The highest BCUT2D eigenvalue weighted by atomic mass is 32.1. The third-order valence-electron chi connectivity index (χ3n) is 3.48. The summed E-state index contributed by atoms with van der Waals surface area (Å²) in [5.41, 5.74) is 0.579. The predicted molar refractivity (Wildman–Crippen MR) is 82.3 cm³/mol. The predicted octanol–water partition coefficient (Wildman–Crippen LogP) is 2.80. The molecule has 0 radical (unpaired) electrons. The van der Waals surface area contributed by atoms with Gasteiger partial charge in [-0.2, -0.15) is 0 Å². The summed E-state index contributed by atoms with van der Waals surface area (Å²) in [5.74, 6) is -1.66. The van der Waals surface area contributed by atoms with Crippen LogP contribution < -0.4 is 5.32 Å². The Labute approximate surface area is 129 Å². The number of aryl methyl sites for hydroxylation is 2. The van der Waals surface area contributed by atoms with Crippen LogP contribution in [0.3, 0.4) is 0 Å². The molecule has 0 spiro atoms. The molecule has 1 amide bonds. The highest BCUT2D eigenvalue weighted by Gasteiger charge is 2.39. The zero-order valence-corrected chi connectivity index (χ0v) is 13.8. The van der Waals surface area contributed by atoms with Crippen LogP contribution in [0.5, 0.6) is 0 Å². The fraction of sp³-hybridized carbons (Fsp3) is 0.667. The van der Waals surface area contributed by atoms with E-state index in [-0.39, 0.29) is 12.5 Å². The van der Waals surface area contributed by atoms with Crippen molar-refractivity contribution in [3.63, 3.8) is 0 Å². The van der Waals surface area contributed by atoms with Crippen molar-refractivity contribution >= 4 is 28.3 Å². The van der Waals surface area contributed by atoms with Gasteiger partial charge >= 0.3 is 5.97 Å². The normalized spacial score (nSPS) is 15.4. The van der Waals surface area contributed by atoms with Crippen LogP contribution in [0, 0.1) is 11.3 Å². The lowest BCUT2D eigenvalue weighted by atomic mass is 9.80. The Balaban J connectivity index is 2.12. The zero-order chi connectivity index (χ0) is 15.6. The van der Waals surface area contributed by atoms with Crippen LogP contribution in [0.1, 0.15) is 44.7 Å². The summed E-state index contributed by atoms with van der Waals surface area (Å²) < 4.78 is 5.03. The van der Waals surface area contributed by atoms with Crippen molar-refractivity contribution < 1.29 is 14.3 Å². The molecular formula is C15H22N2O3S. The number of ether oxygens (including phenoxy) is 1. The van der Waals surface area contributed by atoms with E-state index in [4.69, 9.17) is 4.74 Å². The van der Waals surface area contributed by atoms with Crippen LogP contribution in [0.15, 0.2) is 0 Å². The average molecular weight is 310 g/mol. The molecule has 1 heterocycles. The van der Waals surface area contributed by atoms with Gasteiger partial charge < -0.3 is 10.1 Å². The van der Waals surface area contributed by atoms with E-state index in [1.807, 2.05) is 20.8 Å². The topological polar surface area (TPSA) is 68.3 Å². The van der Waals surface area contributed by atoms with Crippen LogP contribution in [0.4, 0.5) is 5.13 Å². The third kappa shape index (κ3) is 3.61. The van der Waals surface area contributed by atoms with E-state index in [0.717, 1.165) is 25.0 Å². The van der Waals surface area contributed by atoms with Crippen LogP contribution in [0.25, 0.3) is 0 Å². The van der Waals surface area contributed by atoms with Crippen molar-refractivity contribution in [2.45, 2.75) is 47.0 Å². The monoisotopic (exact) mass is 310 g/mol. The van der Waals surface area contributed by atoms with Crippen molar-refractivity contribution in [1.82, 2.24) is 4.98 Å². The molecule has 0 saturated carbocycles. The minimum Gasteiger partial charge on any atom is -0.465 e. The first kappa shape index (κ1) is 15.9. The molecule has 5 nitrogen and oxygen atoms in total. The molecule has 1 aliphatic rings. The van der Waals surface area contributed by atoms with Crippen LogP contribution >= 0.6 is 11.3 Å². The second-order valence-corrected chi connectivity index (χ2v) is 7.37. The highest BCUT2D eigenvalue weighted by Crippen LogP contribution is 2.32. The van der Waals surface area contributed by atoms with E-state index >= 15 is 0 Å². The maximum atomic E-state index is 12.5. The van der Waals surface area contributed by atoms with Crippen molar-refractivity contribution in [1.29, 1.82) is 0 Å². The zero-order valence-electron chi connectivity index (χ0n) is 13.0. The largest absolute Gasteiger partial charge is 0.465 e. The van der Waals surface area contributed by atoms with Gasteiger partial charge in [-0.3, -0.25) is 9.59 Å². The molecule has 6 heteroatoms. The van der Waals surface area contributed by atoms with E-state index in [1.54, 1.807) is 6.92 Å². The molecule has 21 heavy (non-hydrogen) atoms. The Kier molecular flexibility index (Phi) is 4.66. The first-order valence-electron chi connectivity index (χ1n) is 7.29. The Morgan fingerprint density at radius 1 is 1.38 bits per heavy atom. The molecule has 0 aliphatic heterocycles. The lowest BCUT2D eigenvalue weighted by molar-refractivity contribution is -0.155. The van der Waals surface area contributed by atoms with E-state index in [1.165, 1.54) is 16.2 Å². The number of thiazole rings is 1. The molecule has 1 aliphatic carbocycles. The maximum absolute atomic E-state index is 12.5. The molecule has 2 rings (SSSR count). The van der Waals surface area contributed by atoms with Crippen molar-refractivity contribution in [2.75, 3.05) is 11.9 Å². The van der Waals surface area contributed by atoms with Gasteiger partial charge in [-0.25, -0.2) is 4.98 Å². The number of nitrogens with zero attached hydrogens (tertiary/aromatic N) is 1. The number of esters is 1. The minimum absolute atomic E-state index is 0.268. The van der Waals surface area contributed by atoms with E-state index in [2.05, 4.69) is 10.3 Å². The number of rotatable bonds is 4. The third-order valence-corrected chi connectivity index (χ3v) is 4.55. The summed E-state index contributed by atoms with van der Waals surface area (Å²) in [6.07, 6.45) is 3.14. The van der Waals surface area contributed by atoms with Gasteiger partial charge in [0, 0.05) is 4.88 Å². The molecule has 0 bridgehead atoms. The minimum atomic E-state index is -0.837. The number of hydrogen-bond donors (Lipinski definition) is 1. The molecule has 1 aromatic rings. The van der Waals surface area contributed by atoms with Gasteiger partial charge in [0.25, 0.3) is 0 Å². The number of carbonyl (C=O) groups excluding carboxylic acids is 2. The van der Waals surface area contributed by atoms with Crippen molar-refractivity contribution in [3.8, 4) is 0 Å². The molecule has 1 atom stereocenters. The number of nitrogens with one attached hydrogen (secondary N) is 1. The average Bonchev–Trinajstić information content (AvgIpc) is 2.87. The Morgan fingerprint density at radius 3 is 2.67 bits per heavy atom. The fourth-order valence-electron chi connectivity index (χ4n) is 2.50. The number of aromatic nitrogens is 1. The molecular weight excluding hydrogens is 288 g/mol. The number of hydrogen-bond acceptors (Lipinski definition) is 5. The molecule has 116 valence electrons. The molecule has 0 aromatic carbocycles. The smallest absolute Gasteiger partial charge is 0.319 e. The quantitative estimate of drug-likeness (QED) is 0.686. The SMILES string of the molecule is CCOC(=O)C(C(=O)Nc1nc2c(s1)CCC2)C(C)(C)C. The summed E-state index contributed by atoms with van der Waals surface area (Å²) in [6.45, 7) is 7.58. The summed E-state index contributed by atoms with van der Waals surface area (Å²) in [7, 11) is 0. The van der Waals surface area contributed by atoms with E-state index in [0.29, 0.717) is 5.13 Å². The fourth-order valence-corrected chi connectivity index (χ4v) is 3.55. The number of carbonyl (C=O) groups is 2. The second-order valence-electron chi connectivity index (χ2n) is 6.28. The lowest BCUT2D eigenvalue weighted by Crippen LogP contribution is -2.40. The standard InChI is InChI=1S/C15H22N2O3S/c1-5-20-13(19)11(15(2,3)4)12(18)17-14-16-9-7-6-8-10(9)21-14/h11H,5-8H2,1-4H3,(H,16,17,18). The number of amides is 1. The molecule has 1 unspecified atom stereocenters. The summed E-state index contributed by atoms with van der Waals surface area (Å²) in [6, 6.07) is 0. The Morgan fingerprint density at radius 2 is 2.10 bits per heavy atom. The van der Waals surface area contributed by atoms with E-state index in [9.17, 15) is 9.59 Å². The van der Waals surface area contributed by atoms with Gasteiger partial charge in [-0.15, -0.1) is 11.3 Å². The lowest BCUT2D eigenvalue weighted by Gasteiger charge is -2.27. The molecule has 0 saturated heterocycles. The van der Waals surface area contributed by atoms with Crippen LogP contribution in [-0.4, -0.2) is 23.5 Å². The second kappa shape index (κ2) is 6.13. The van der Waals surface area contributed by atoms with Gasteiger partial charge in [-0.1, -0.05) is 20.8 Å². The first-order valence-corrected chi connectivity index (χ1v) is 8.10. The van der Waals surface area contributed by atoms with Crippen LogP contribution in [0.2, 0.25) is 0 Å². The van der Waals surface area contributed by atoms with Gasteiger partial charge in [0.05, 0.1) is 12.3 Å². The van der Waals surface area contributed by atoms with E-state index < -0.39 is 17.3 Å². The Bertz CT molecular complexity index is 524. The molecule has 1 N–H and O–H groups in total. The van der Waals surface area contributed by atoms with Crippen LogP contribution in [-0.2, 0) is 27.2 Å². The molecule has 1 aromatic heterocycles. The van der Waals surface area contributed by atoms with Crippen molar-refractivity contribution in [2.24, 2.45) is 11.3 Å². The summed E-state index contributed by atoms with van der Waals surface area (Å²) in [5, 5.41) is 3.37. The maximum Gasteiger partial charge on any atom is 0.319 e. The summed E-state index contributed by atoms with van der Waals surface area (Å²) >= 11 is 1.51. The Hall–Kier alpha value is -1.43. The summed E-state index contributed by atoms with van der Waals surface area (Å²) in [4.78, 5) is 30.2. The number of anilines is 1. The first-order chi connectivity index (χ1) is 9.82. The van der Waals surface area contributed by atoms with Gasteiger partial charge in [0.1, 0.15) is 5.92 Å². The molecule has 0 fully saturated rings. The van der Waals surface area contributed by atoms with Crippen molar-refractivity contribution in [3.05, 3.63) is 10.6 Å². The number of fused-ring (bicyclic) bond motifs is 1.